The summed E-state index contributed by atoms with van der Waals surface area (Å²) in [6.45, 7) is 0. The van der Waals surface area contributed by atoms with Crippen molar-refractivity contribution in [2.75, 3.05) is 5.73 Å². The van der Waals surface area contributed by atoms with Crippen LogP contribution in [0, 0.1) is 0 Å². The first-order valence-electron chi connectivity index (χ1n) is 9.25. The van der Waals surface area contributed by atoms with Crippen LogP contribution in [-0.2, 0) is 0 Å². The summed E-state index contributed by atoms with van der Waals surface area (Å²) in [6.07, 6.45) is 0. The average Bonchev–Trinajstić information content (AvgIpc) is 2.72. The minimum atomic E-state index is 0.836. The van der Waals surface area contributed by atoms with Crippen molar-refractivity contribution in [3.63, 3.8) is 0 Å². The fourth-order valence-electron chi connectivity index (χ4n) is 4.53. The molecule has 0 spiro atoms. The Labute approximate surface area is 156 Å². The molecule has 0 bridgehead atoms. The molecule has 0 aliphatic heterocycles. The van der Waals surface area contributed by atoms with Crippen molar-refractivity contribution in [3.05, 3.63) is 91.0 Å². The van der Waals surface area contributed by atoms with Crippen LogP contribution in [0.15, 0.2) is 91.0 Å². The lowest BCUT2D eigenvalue weighted by atomic mass is 9.90. The van der Waals surface area contributed by atoms with Gasteiger partial charge in [-0.15, -0.1) is 0 Å². The minimum absolute atomic E-state index is 0.836. The highest BCUT2D eigenvalue weighted by Gasteiger charge is 2.12. The van der Waals surface area contributed by atoms with Gasteiger partial charge in [0.05, 0.1) is 0 Å². The highest BCUT2D eigenvalue weighted by atomic mass is 14.5. The number of nitrogens with two attached hydrogens (primary N) is 1. The fraction of sp³-hybridized carbons (Fsp3) is 0. The van der Waals surface area contributed by atoms with Crippen molar-refractivity contribution >= 4 is 59.5 Å². The quantitative estimate of drug-likeness (QED) is 0.232. The highest BCUT2D eigenvalue weighted by molar-refractivity contribution is 6.33. The Morgan fingerprint density at radius 3 is 1.56 bits per heavy atom. The fourth-order valence-corrected chi connectivity index (χ4v) is 4.53. The maximum absolute atomic E-state index is 6.47. The number of benzene rings is 6. The maximum Gasteiger partial charge on any atom is 0.0400 e. The molecule has 0 fully saturated rings. The van der Waals surface area contributed by atoms with Crippen molar-refractivity contribution in [3.8, 4) is 0 Å². The van der Waals surface area contributed by atoms with E-state index in [2.05, 4.69) is 78.9 Å². The predicted molar refractivity (Wildman–Crippen MR) is 118 cm³/mol. The molecule has 6 aromatic rings. The molecule has 1 nitrogen and oxygen atoms in total. The number of hydrogen-bond donors (Lipinski definition) is 1. The van der Waals surface area contributed by atoms with Crippen molar-refractivity contribution in [2.45, 2.75) is 0 Å². The zero-order valence-corrected chi connectivity index (χ0v) is 14.7. The molecule has 0 radical (unpaired) electrons. The van der Waals surface area contributed by atoms with Crippen molar-refractivity contribution in [1.29, 1.82) is 0 Å². The summed E-state index contributed by atoms with van der Waals surface area (Å²) in [6, 6.07) is 32.5. The summed E-state index contributed by atoms with van der Waals surface area (Å²) in [5.74, 6) is 0. The van der Waals surface area contributed by atoms with E-state index >= 15 is 0 Å². The van der Waals surface area contributed by atoms with Crippen LogP contribution < -0.4 is 5.73 Å². The van der Waals surface area contributed by atoms with Crippen LogP contribution in [-0.4, -0.2) is 0 Å². The van der Waals surface area contributed by atoms with Gasteiger partial charge in [0, 0.05) is 16.5 Å². The second-order valence-electron chi connectivity index (χ2n) is 7.22. The molecule has 2 N–H and O–H groups in total. The zero-order valence-electron chi connectivity index (χ0n) is 14.7. The van der Waals surface area contributed by atoms with Gasteiger partial charge in [-0.2, -0.15) is 0 Å². The average molecular weight is 343 g/mol. The zero-order chi connectivity index (χ0) is 18.0. The Morgan fingerprint density at radius 1 is 0.370 bits per heavy atom. The number of fused-ring (bicyclic) bond motifs is 9. The van der Waals surface area contributed by atoms with Crippen LogP contribution in [0.3, 0.4) is 0 Å². The monoisotopic (exact) mass is 343 g/mol. The van der Waals surface area contributed by atoms with Crippen molar-refractivity contribution < 1.29 is 0 Å². The molecular formula is C26H17N. The Morgan fingerprint density at radius 2 is 0.852 bits per heavy atom. The molecule has 0 aliphatic carbocycles. The van der Waals surface area contributed by atoms with E-state index in [9.17, 15) is 0 Å². The van der Waals surface area contributed by atoms with E-state index in [-0.39, 0.29) is 0 Å². The Hall–Kier alpha value is -3.58. The molecule has 0 aromatic heterocycles. The second-order valence-corrected chi connectivity index (χ2v) is 7.22. The molecule has 0 amide bonds. The second kappa shape index (κ2) is 5.21. The van der Waals surface area contributed by atoms with Crippen molar-refractivity contribution in [2.24, 2.45) is 0 Å². The van der Waals surface area contributed by atoms with Crippen LogP contribution in [0.1, 0.15) is 0 Å². The molecular weight excluding hydrogens is 326 g/mol. The third kappa shape index (κ3) is 1.94. The molecule has 0 atom stereocenters. The van der Waals surface area contributed by atoms with E-state index in [0.29, 0.717) is 0 Å². The molecule has 6 rings (SSSR count). The molecule has 126 valence electrons. The standard InChI is InChI=1S/C26H17N/c27-22-7-3-5-17-10-12-20-15-14-19-13-11-18-9-8-16-4-1-2-6-21(16)23(18)25(19)26(20)24(17)22/h1-15H,27H2. The SMILES string of the molecule is Nc1cccc2ccc3ccc4ccc5ccc6ccccc6c5c4c3c12. The Balaban J connectivity index is 2.04. The van der Waals surface area contributed by atoms with Gasteiger partial charge in [0.15, 0.2) is 0 Å². The van der Waals surface area contributed by atoms with Crippen LogP contribution in [0.25, 0.3) is 53.9 Å². The molecule has 0 aliphatic rings. The van der Waals surface area contributed by atoms with Crippen LogP contribution >= 0.6 is 0 Å². The van der Waals surface area contributed by atoms with Gasteiger partial charge < -0.3 is 5.73 Å². The van der Waals surface area contributed by atoms with E-state index in [1.165, 1.54) is 48.5 Å². The van der Waals surface area contributed by atoms with E-state index in [4.69, 9.17) is 5.73 Å². The molecule has 27 heavy (non-hydrogen) atoms. The Kier molecular flexibility index (Phi) is 2.81. The predicted octanol–water partition coefficient (Wildman–Crippen LogP) is 7.03. The summed E-state index contributed by atoms with van der Waals surface area (Å²) >= 11 is 0. The van der Waals surface area contributed by atoms with Gasteiger partial charge in [-0.25, -0.2) is 0 Å². The van der Waals surface area contributed by atoms with Crippen LogP contribution in [0.2, 0.25) is 0 Å². The third-order valence-corrected chi connectivity index (χ3v) is 5.74. The van der Waals surface area contributed by atoms with Gasteiger partial charge in [0.1, 0.15) is 0 Å². The van der Waals surface area contributed by atoms with E-state index in [1.807, 2.05) is 12.1 Å². The summed E-state index contributed by atoms with van der Waals surface area (Å²) in [5.41, 5.74) is 7.31. The van der Waals surface area contributed by atoms with E-state index < -0.39 is 0 Å². The molecule has 1 heteroatoms. The smallest absolute Gasteiger partial charge is 0.0400 e. The lowest BCUT2D eigenvalue weighted by molar-refractivity contribution is 1.76. The van der Waals surface area contributed by atoms with E-state index in [1.54, 1.807) is 0 Å². The maximum atomic E-state index is 6.47. The molecule has 6 aromatic carbocycles. The lowest BCUT2D eigenvalue weighted by Gasteiger charge is -2.14. The van der Waals surface area contributed by atoms with Gasteiger partial charge >= 0.3 is 0 Å². The minimum Gasteiger partial charge on any atom is -0.398 e. The summed E-state index contributed by atoms with van der Waals surface area (Å²) < 4.78 is 0. The number of hydrogen-bond acceptors (Lipinski definition) is 1. The third-order valence-electron chi connectivity index (χ3n) is 5.74. The first-order chi connectivity index (χ1) is 13.3. The first-order valence-corrected chi connectivity index (χ1v) is 9.25. The van der Waals surface area contributed by atoms with Gasteiger partial charge in [-0.3, -0.25) is 0 Å². The summed E-state index contributed by atoms with van der Waals surface area (Å²) in [7, 11) is 0. The molecule has 0 saturated heterocycles. The lowest BCUT2D eigenvalue weighted by Crippen LogP contribution is -1.90. The highest BCUT2D eigenvalue weighted by Crippen LogP contribution is 2.40. The molecule has 0 saturated carbocycles. The summed E-state index contributed by atoms with van der Waals surface area (Å²) in [4.78, 5) is 0. The van der Waals surface area contributed by atoms with Gasteiger partial charge in [-0.1, -0.05) is 84.9 Å². The van der Waals surface area contributed by atoms with Crippen LogP contribution in [0.5, 0.6) is 0 Å². The number of rotatable bonds is 0. The largest absolute Gasteiger partial charge is 0.398 e. The van der Waals surface area contributed by atoms with Crippen LogP contribution in [0.4, 0.5) is 5.69 Å². The van der Waals surface area contributed by atoms with E-state index in [0.717, 1.165) is 11.1 Å². The van der Waals surface area contributed by atoms with Gasteiger partial charge in [0.25, 0.3) is 0 Å². The normalized spacial score (nSPS) is 11.9. The molecule has 0 heterocycles. The van der Waals surface area contributed by atoms with Crippen molar-refractivity contribution in [1.82, 2.24) is 0 Å². The van der Waals surface area contributed by atoms with Gasteiger partial charge in [0.2, 0.25) is 0 Å². The number of anilines is 1. The molecule has 0 unspecified atom stereocenters. The number of nitrogen functional groups attached to an aromatic ring is 1. The summed E-state index contributed by atoms with van der Waals surface area (Å²) in [5, 5.41) is 12.5. The van der Waals surface area contributed by atoms with Gasteiger partial charge in [-0.05, 0) is 49.2 Å². The first kappa shape index (κ1) is 14.6. The topological polar surface area (TPSA) is 26.0 Å². The Bertz CT molecular complexity index is 1510.